The Hall–Kier alpha value is -1.89. The summed E-state index contributed by atoms with van der Waals surface area (Å²) >= 11 is 5.69. The number of hydrogen-bond acceptors (Lipinski definition) is 4. The molecular formula is C16H17Cl2FN4O. The van der Waals surface area contributed by atoms with E-state index in [1.54, 1.807) is 12.3 Å². The van der Waals surface area contributed by atoms with Crippen molar-refractivity contribution in [1.29, 1.82) is 0 Å². The summed E-state index contributed by atoms with van der Waals surface area (Å²) in [4.78, 5) is 18.5. The molecule has 2 N–H and O–H groups in total. The van der Waals surface area contributed by atoms with Gasteiger partial charge in [-0.05, 0) is 24.3 Å². The third-order valence-corrected chi connectivity index (χ3v) is 3.96. The van der Waals surface area contributed by atoms with Crippen molar-refractivity contribution in [3.8, 4) is 0 Å². The molecule has 24 heavy (non-hydrogen) atoms. The van der Waals surface area contributed by atoms with Gasteiger partial charge in [-0.2, -0.15) is 0 Å². The molecule has 0 unspecified atom stereocenters. The summed E-state index contributed by atoms with van der Waals surface area (Å²) in [7, 11) is 0. The van der Waals surface area contributed by atoms with E-state index < -0.39 is 11.7 Å². The highest BCUT2D eigenvalue weighted by atomic mass is 35.5. The zero-order chi connectivity index (χ0) is 16.2. The van der Waals surface area contributed by atoms with Crippen LogP contribution in [0.2, 0.25) is 5.02 Å². The minimum Gasteiger partial charge on any atom is -0.368 e. The van der Waals surface area contributed by atoms with Crippen LogP contribution in [0.1, 0.15) is 10.4 Å². The molecule has 1 fully saturated rings. The fourth-order valence-corrected chi connectivity index (χ4v) is 2.61. The summed E-state index contributed by atoms with van der Waals surface area (Å²) in [6.07, 6.45) is 1.70. The fraction of sp³-hybridized carbons (Fsp3) is 0.250. The number of halogens is 3. The van der Waals surface area contributed by atoms with Gasteiger partial charge in [0, 0.05) is 26.2 Å². The first-order chi connectivity index (χ1) is 11.1. The lowest BCUT2D eigenvalue weighted by atomic mass is 10.2. The van der Waals surface area contributed by atoms with Crippen LogP contribution in [0.3, 0.4) is 0 Å². The van der Waals surface area contributed by atoms with Gasteiger partial charge < -0.3 is 15.5 Å². The summed E-state index contributed by atoms with van der Waals surface area (Å²) in [6, 6.07) is 7.90. The molecule has 5 nitrogen and oxygen atoms in total. The third-order valence-electron chi connectivity index (χ3n) is 3.67. The molecule has 2 heterocycles. The van der Waals surface area contributed by atoms with E-state index in [2.05, 4.69) is 20.5 Å². The molecule has 8 heteroatoms. The molecule has 0 atom stereocenters. The van der Waals surface area contributed by atoms with Crippen LogP contribution in [0.4, 0.5) is 15.9 Å². The molecule has 3 rings (SSSR count). The van der Waals surface area contributed by atoms with Crippen LogP contribution in [0.15, 0.2) is 36.5 Å². The first-order valence-electron chi connectivity index (χ1n) is 7.32. The Morgan fingerprint density at radius 2 is 2.00 bits per heavy atom. The molecule has 0 saturated carbocycles. The minimum absolute atomic E-state index is 0. The molecule has 1 amide bonds. The molecule has 1 saturated heterocycles. The number of benzene rings is 1. The number of anilines is 2. The van der Waals surface area contributed by atoms with Crippen LogP contribution in [0.5, 0.6) is 0 Å². The molecule has 0 bridgehead atoms. The van der Waals surface area contributed by atoms with E-state index in [9.17, 15) is 9.18 Å². The lowest BCUT2D eigenvalue weighted by Crippen LogP contribution is -2.43. The summed E-state index contributed by atoms with van der Waals surface area (Å²) in [5, 5.41) is 5.78. The standard InChI is InChI=1S/C16H16ClFN4O.ClH/c17-13-3-1-2-12(15(13)18)16(23)21-14-5-4-11(10-20-14)22-8-6-19-7-9-22;/h1-5,10,19H,6-9H2,(H,20,21,23);1H. The SMILES string of the molecule is Cl.O=C(Nc1ccc(N2CCNCC2)cn1)c1cccc(Cl)c1F. The molecule has 1 aromatic heterocycles. The van der Waals surface area contributed by atoms with E-state index in [4.69, 9.17) is 11.6 Å². The monoisotopic (exact) mass is 370 g/mol. The van der Waals surface area contributed by atoms with Crippen LogP contribution < -0.4 is 15.5 Å². The predicted octanol–water partition coefficient (Wildman–Crippen LogP) is 2.96. The average Bonchev–Trinajstić information content (AvgIpc) is 2.59. The minimum atomic E-state index is -0.732. The molecule has 1 aliphatic heterocycles. The number of rotatable bonds is 3. The fourth-order valence-electron chi connectivity index (χ4n) is 2.43. The Kier molecular flexibility index (Phi) is 6.36. The highest BCUT2D eigenvalue weighted by Gasteiger charge is 2.15. The number of piperazine rings is 1. The second kappa shape index (κ2) is 8.28. The molecule has 1 aromatic carbocycles. The molecule has 0 radical (unpaired) electrons. The summed E-state index contributed by atoms with van der Waals surface area (Å²) in [6.45, 7) is 3.71. The van der Waals surface area contributed by atoms with Crippen molar-refractivity contribution in [3.63, 3.8) is 0 Å². The van der Waals surface area contributed by atoms with E-state index in [0.717, 1.165) is 31.9 Å². The van der Waals surface area contributed by atoms with E-state index in [1.807, 2.05) is 6.07 Å². The number of aromatic nitrogens is 1. The molecule has 0 aliphatic carbocycles. The Labute approximate surface area is 150 Å². The molecule has 1 aliphatic rings. The van der Waals surface area contributed by atoms with Crippen LogP contribution in [-0.4, -0.2) is 37.1 Å². The number of carbonyl (C=O) groups is 1. The van der Waals surface area contributed by atoms with Crippen LogP contribution in [-0.2, 0) is 0 Å². The van der Waals surface area contributed by atoms with Crippen molar-refractivity contribution in [2.45, 2.75) is 0 Å². The van der Waals surface area contributed by atoms with E-state index >= 15 is 0 Å². The highest BCUT2D eigenvalue weighted by Crippen LogP contribution is 2.20. The smallest absolute Gasteiger partial charge is 0.259 e. The van der Waals surface area contributed by atoms with Gasteiger partial charge in [-0.15, -0.1) is 12.4 Å². The quantitative estimate of drug-likeness (QED) is 0.871. The summed E-state index contributed by atoms with van der Waals surface area (Å²) < 4.78 is 13.8. The maximum Gasteiger partial charge on any atom is 0.259 e. The maximum atomic E-state index is 13.8. The van der Waals surface area contributed by atoms with Crippen molar-refractivity contribution < 1.29 is 9.18 Å². The van der Waals surface area contributed by atoms with Gasteiger partial charge in [-0.1, -0.05) is 17.7 Å². The number of amides is 1. The van der Waals surface area contributed by atoms with Crippen molar-refractivity contribution >= 4 is 41.4 Å². The Balaban J connectivity index is 0.00000208. The second-order valence-electron chi connectivity index (χ2n) is 5.19. The predicted molar refractivity (Wildman–Crippen MR) is 95.9 cm³/mol. The van der Waals surface area contributed by atoms with E-state index in [1.165, 1.54) is 18.2 Å². The van der Waals surface area contributed by atoms with Gasteiger partial charge in [-0.25, -0.2) is 9.37 Å². The topological polar surface area (TPSA) is 57.3 Å². The highest BCUT2D eigenvalue weighted by molar-refractivity contribution is 6.31. The Morgan fingerprint density at radius 1 is 1.25 bits per heavy atom. The summed E-state index contributed by atoms with van der Waals surface area (Å²) in [5.41, 5.74) is 0.893. The van der Waals surface area contributed by atoms with Crippen molar-refractivity contribution in [1.82, 2.24) is 10.3 Å². The lowest BCUT2D eigenvalue weighted by molar-refractivity contribution is 0.102. The number of pyridine rings is 1. The Morgan fingerprint density at radius 3 is 2.67 bits per heavy atom. The lowest BCUT2D eigenvalue weighted by Gasteiger charge is -2.29. The second-order valence-corrected chi connectivity index (χ2v) is 5.60. The Bertz CT molecular complexity index is 706. The van der Waals surface area contributed by atoms with Gasteiger partial charge >= 0.3 is 0 Å². The maximum absolute atomic E-state index is 13.8. The van der Waals surface area contributed by atoms with Crippen LogP contribution >= 0.6 is 24.0 Å². The van der Waals surface area contributed by atoms with E-state index in [0.29, 0.717) is 5.82 Å². The molecule has 128 valence electrons. The van der Waals surface area contributed by atoms with Crippen LogP contribution in [0, 0.1) is 5.82 Å². The van der Waals surface area contributed by atoms with Crippen LogP contribution in [0.25, 0.3) is 0 Å². The number of hydrogen-bond donors (Lipinski definition) is 2. The largest absolute Gasteiger partial charge is 0.368 e. The van der Waals surface area contributed by atoms with Crippen molar-refractivity contribution in [2.75, 3.05) is 36.4 Å². The van der Waals surface area contributed by atoms with Gasteiger partial charge in [0.1, 0.15) is 5.82 Å². The number of nitrogens with one attached hydrogen (secondary N) is 2. The molecule has 2 aromatic rings. The van der Waals surface area contributed by atoms with Crippen molar-refractivity contribution in [2.24, 2.45) is 0 Å². The zero-order valence-corrected chi connectivity index (χ0v) is 14.3. The number of carbonyl (C=O) groups excluding carboxylic acids is 1. The first-order valence-corrected chi connectivity index (χ1v) is 7.70. The summed E-state index contributed by atoms with van der Waals surface area (Å²) in [5.74, 6) is -0.940. The zero-order valence-electron chi connectivity index (χ0n) is 12.8. The van der Waals surface area contributed by atoms with Gasteiger partial charge in [0.15, 0.2) is 5.82 Å². The first kappa shape index (κ1) is 18.4. The van der Waals surface area contributed by atoms with Crippen molar-refractivity contribution in [3.05, 3.63) is 52.9 Å². The number of nitrogens with zero attached hydrogens (tertiary/aromatic N) is 2. The molecular weight excluding hydrogens is 354 g/mol. The van der Waals surface area contributed by atoms with Gasteiger partial charge in [-0.3, -0.25) is 4.79 Å². The van der Waals surface area contributed by atoms with Gasteiger partial charge in [0.2, 0.25) is 0 Å². The third kappa shape index (κ3) is 4.14. The normalized spacial score (nSPS) is 14.0. The average molecular weight is 371 g/mol. The van der Waals surface area contributed by atoms with Gasteiger partial charge in [0.25, 0.3) is 5.91 Å². The molecule has 0 spiro atoms. The van der Waals surface area contributed by atoms with E-state index in [-0.39, 0.29) is 23.0 Å². The van der Waals surface area contributed by atoms with Gasteiger partial charge in [0.05, 0.1) is 22.5 Å².